The molecule has 0 aliphatic carbocycles. The minimum Gasteiger partial charge on any atom is -0.311 e. The van der Waals surface area contributed by atoms with Crippen molar-refractivity contribution in [1.29, 1.82) is 0 Å². The summed E-state index contributed by atoms with van der Waals surface area (Å²) in [6, 6.07) is 8.88. The van der Waals surface area contributed by atoms with Crippen LogP contribution in [0.2, 0.25) is 0 Å². The van der Waals surface area contributed by atoms with E-state index in [1.165, 1.54) is 14.7 Å². The van der Waals surface area contributed by atoms with Crippen LogP contribution in [-0.4, -0.2) is 21.9 Å². The lowest BCUT2D eigenvalue weighted by Crippen LogP contribution is -2.38. The molecule has 1 aromatic heterocycles. The van der Waals surface area contributed by atoms with Gasteiger partial charge in [0.25, 0.3) is 0 Å². The Morgan fingerprint density at radius 3 is 2.43 bits per heavy atom. The largest absolute Gasteiger partial charge is 0.311 e. The molecule has 3 nitrogen and oxygen atoms in total. The van der Waals surface area contributed by atoms with Crippen molar-refractivity contribution in [3.8, 4) is 0 Å². The highest BCUT2D eigenvalue weighted by atomic mass is 127. The van der Waals surface area contributed by atoms with Crippen molar-refractivity contribution in [2.24, 2.45) is 0 Å². The van der Waals surface area contributed by atoms with Gasteiger partial charge in [-0.2, -0.15) is 5.10 Å². The van der Waals surface area contributed by atoms with Crippen LogP contribution in [0.25, 0.3) is 0 Å². The van der Waals surface area contributed by atoms with Gasteiger partial charge >= 0.3 is 0 Å². The van der Waals surface area contributed by atoms with Gasteiger partial charge in [0.2, 0.25) is 0 Å². The van der Waals surface area contributed by atoms with Crippen LogP contribution >= 0.6 is 22.6 Å². The van der Waals surface area contributed by atoms with Crippen LogP contribution < -0.4 is 5.32 Å². The average molecular weight is 397 g/mol. The van der Waals surface area contributed by atoms with E-state index in [0.29, 0.717) is 5.92 Å². The van der Waals surface area contributed by atoms with Gasteiger partial charge < -0.3 is 5.32 Å². The van der Waals surface area contributed by atoms with Gasteiger partial charge in [-0.1, -0.05) is 31.2 Å². The number of rotatable bonds is 5. The second kappa shape index (κ2) is 6.92. The molecule has 0 aliphatic heterocycles. The lowest BCUT2D eigenvalue weighted by Gasteiger charge is -2.23. The van der Waals surface area contributed by atoms with Gasteiger partial charge in [-0.05, 0) is 60.4 Å². The van der Waals surface area contributed by atoms with Gasteiger partial charge in [-0.15, -0.1) is 0 Å². The van der Waals surface area contributed by atoms with Crippen LogP contribution in [0.3, 0.4) is 0 Å². The highest BCUT2D eigenvalue weighted by molar-refractivity contribution is 14.1. The highest BCUT2D eigenvalue weighted by Gasteiger charge is 2.12. The van der Waals surface area contributed by atoms with E-state index in [2.05, 4.69) is 91.2 Å². The van der Waals surface area contributed by atoms with Crippen molar-refractivity contribution < 1.29 is 0 Å². The van der Waals surface area contributed by atoms with Gasteiger partial charge in [-0.3, -0.25) is 4.68 Å². The summed E-state index contributed by atoms with van der Waals surface area (Å²) in [6.45, 7) is 10.7. The zero-order valence-electron chi connectivity index (χ0n) is 13.2. The first-order chi connectivity index (χ1) is 9.83. The molecule has 0 radical (unpaired) electrons. The van der Waals surface area contributed by atoms with Crippen LogP contribution in [0, 0.1) is 3.57 Å². The quantitative estimate of drug-likeness (QED) is 0.773. The number of aromatic nitrogens is 2. The minimum atomic E-state index is 0.172. The molecule has 0 bridgehead atoms. The van der Waals surface area contributed by atoms with Crippen molar-refractivity contribution >= 4 is 22.6 Å². The van der Waals surface area contributed by atoms with Crippen LogP contribution in [0.4, 0.5) is 0 Å². The second-order valence-corrected chi connectivity index (χ2v) is 7.88. The van der Waals surface area contributed by atoms with Crippen molar-refractivity contribution in [1.82, 2.24) is 15.1 Å². The number of nitrogens with one attached hydrogen (secondary N) is 1. The number of nitrogens with zero attached hydrogens (tertiary/aromatic N) is 2. The molecule has 21 heavy (non-hydrogen) atoms. The smallest absolute Gasteiger partial charge is 0.0659 e. The molecule has 1 aromatic carbocycles. The lowest BCUT2D eigenvalue weighted by atomic mass is 9.98. The van der Waals surface area contributed by atoms with E-state index in [0.717, 1.165) is 13.1 Å². The Balaban J connectivity index is 1.95. The first-order valence-corrected chi connectivity index (χ1v) is 8.43. The average Bonchev–Trinajstić information content (AvgIpc) is 2.81. The van der Waals surface area contributed by atoms with E-state index in [9.17, 15) is 0 Å². The zero-order chi connectivity index (χ0) is 15.5. The first kappa shape index (κ1) is 16.5. The molecule has 114 valence electrons. The summed E-state index contributed by atoms with van der Waals surface area (Å²) in [5.41, 5.74) is 2.84. The van der Waals surface area contributed by atoms with Gasteiger partial charge in [0.1, 0.15) is 0 Å². The molecule has 2 aromatic rings. The van der Waals surface area contributed by atoms with E-state index < -0.39 is 0 Å². The van der Waals surface area contributed by atoms with Crippen molar-refractivity contribution in [2.75, 3.05) is 6.54 Å². The molecule has 0 fully saturated rings. The summed E-state index contributed by atoms with van der Waals surface area (Å²) in [5, 5.41) is 7.89. The van der Waals surface area contributed by atoms with E-state index in [4.69, 9.17) is 0 Å². The summed E-state index contributed by atoms with van der Waals surface area (Å²) in [6.07, 6.45) is 3.94. The number of benzene rings is 1. The van der Waals surface area contributed by atoms with Gasteiger partial charge in [0.05, 0.1) is 16.3 Å². The molecule has 0 spiro atoms. The van der Waals surface area contributed by atoms with E-state index in [-0.39, 0.29) is 5.54 Å². The molecule has 0 saturated heterocycles. The number of hydrogen-bond acceptors (Lipinski definition) is 2. The fraction of sp³-hybridized carbons (Fsp3) is 0.471. The van der Waals surface area contributed by atoms with E-state index in [1.807, 2.05) is 10.9 Å². The Bertz CT molecular complexity index is 566. The summed E-state index contributed by atoms with van der Waals surface area (Å²) in [4.78, 5) is 0. The topological polar surface area (TPSA) is 29.9 Å². The third-order valence-corrected chi connectivity index (χ3v) is 3.99. The molecule has 1 atom stereocenters. The first-order valence-electron chi connectivity index (χ1n) is 7.35. The van der Waals surface area contributed by atoms with Crippen LogP contribution in [0.1, 0.15) is 44.7 Å². The number of halogens is 1. The molecule has 0 aliphatic rings. The predicted octanol–water partition coefficient (Wildman–Crippen LogP) is 4.03. The minimum absolute atomic E-state index is 0.172. The third-order valence-electron chi connectivity index (χ3n) is 3.43. The van der Waals surface area contributed by atoms with Gasteiger partial charge in [-0.25, -0.2) is 0 Å². The standard InChI is InChI=1S/C17H24IN3/c1-13(9-19-17(2,3)4)15-7-5-14(6-8-15)11-21-12-16(18)10-20-21/h5-8,10,12-13,19H,9,11H2,1-4H3. The molecular weight excluding hydrogens is 373 g/mol. The zero-order valence-corrected chi connectivity index (χ0v) is 15.4. The summed E-state index contributed by atoms with van der Waals surface area (Å²) in [5.74, 6) is 0.518. The normalized spacial score (nSPS) is 13.4. The third kappa shape index (κ3) is 5.43. The summed E-state index contributed by atoms with van der Waals surface area (Å²) >= 11 is 2.28. The fourth-order valence-corrected chi connectivity index (χ4v) is 2.59. The van der Waals surface area contributed by atoms with Gasteiger partial charge in [0, 0.05) is 18.3 Å². The maximum absolute atomic E-state index is 4.32. The SMILES string of the molecule is CC(CNC(C)(C)C)c1ccc(Cn2cc(I)cn2)cc1. The fourth-order valence-electron chi connectivity index (χ4n) is 2.14. The van der Waals surface area contributed by atoms with Crippen LogP contribution in [0.5, 0.6) is 0 Å². The Labute approximate surface area is 141 Å². The van der Waals surface area contributed by atoms with E-state index >= 15 is 0 Å². The Morgan fingerprint density at radius 2 is 1.90 bits per heavy atom. The maximum atomic E-state index is 4.32. The molecule has 0 amide bonds. The number of hydrogen-bond donors (Lipinski definition) is 1. The molecular formula is C17H24IN3. The Kier molecular flexibility index (Phi) is 5.43. The molecule has 0 saturated carbocycles. The maximum Gasteiger partial charge on any atom is 0.0659 e. The summed E-state index contributed by atoms with van der Waals surface area (Å²) in [7, 11) is 0. The summed E-state index contributed by atoms with van der Waals surface area (Å²) < 4.78 is 3.15. The molecule has 4 heteroatoms. The molecule has 1 unspecified atom stereocenters. The molecule has 1 N–H and O–H groups in total. The van der Waals surface area contributed by atoms with Crippen LogP contribution in [0.15, 0.2) is 36.7 Å². The van der Waals surface area contributed by atoms with Crippen molar-refractivity contribution in [3.63, 3.8) is 0 Å². The molecule has 1 heterocycles. The van der Waals surface area contributed by atoms with Crippen molar-refractivity contribution in [3.05, 3.63) is 51.4 Å². The Morgan fingerprint density at radius 1 is 1.24 bits per heavy atom. The van der Waals surface area contributed by atoms with Gasteiger partial charge in [0.15, 0.2) is 0 Å². The Hall–Kier alpha value is -0.880. The molecule has 2 rings (SSSR count). The highest BCUT2D eigenvalue weighted by Crippen LogP contribution is 2.17. The van der Waals surface area contributed by atoms with Crippen LogP contribution in [-0.2, 0) is 6.54 Å². The predicted molar refractivity (Wildman–Crippen MR) is 96.7 cm³/mol. The second-order valence-electron chi connectivity index (χ2n) is 6.63. The monoisotopic (exact) mass is 397 g/mol. The van der Waals surface area contributed by atoms with Crippen molar-refractivity contribution in [2.45, 2.75) is 45.7 Å². The van der Waals surface area contributed by atoms with E-state index in [1.54, 1.807) is 0 Å². The lowest BCUT2D eigenvalue weighted by molar-refractivity contribution is 0.412.